The molecule has 0 atom stereocenters. The molecule has 33 heavy (non-hydrogen) atoms. The minimum atomic E-state index is -3.94. The number of carbonyl (C=O) groups excluding carboxylic acids is 1. The minimum absolute atomic E-state index is 0.0235. The number of nitrogens with zero attached hydrogens (tertiary/aromatic N) is 2. The summed E-state index contributed by atoms with van der Waals surface area (Å²) in [4.78, 5) is 13.0. The summed E-state index contributed by atoms with van der Waals surface area (Å²) >= 11 is 0. The monoisotopic (exact) mass is 466 g/mol. The number of anilines is 2. The summed E-state index contributed by atoms with van der Waals surface area (Å²) in [5.41, 5.74) is 2.92. The van der Waals surface area contributed by atoms with Crippen molar-refractivity contribution < 1.29 is 17.9 Å². The molecule has 3 aromatic rings. The van der Waals surface area contributed by atoms with Crippen LogP contribution in [0.1, 0.15) is 38.7 Å². The zero-order valence-electron chi connectivity index (χ0n) is 18.8. The number of rotatable bonds is 6. The first-order valence-corrected chi connectivity index (χ1v) is 12.5. The van der Waals surface area contributed by atoms with E-state index in [0.29, 0.717) is 11.4 Å². The maximum atomic E-state index is 13.4. The van der Waals surface area contributed by atoms with Crippen LogP contribution in [0.2, 0.25) is 0 Å². The largest absolute Gasteiger partial charge is 0.490 e. The third kappa shape index (κ3) is 3.56. The van der Waals surface area contributed by atoms with Gasteiger partial charge in [-0.05, 0) is 56.5 Å². The Morgan fingerprint density at radius 2 is 1.97 bits per heavy atom. The van der Waals surface area contributed by atoms with E-state index >= 15 is 0 Å². The Bertz CT molecular complexity index is 1360. The molecule has 8 nitrogen and oxygen atoms in total. The van der Waals surface area contributed by atoms with Crippen molar-refractivity contribution in [3.05, 3.63) is 54.4 Å². The van der Waals surface area contributed by atoms with Gasteiger partial charge in [-0.15, -0.1) is 0 Å². The lowest BCUT2D eigenvalue weighted by Crippen LogP contribution is -2.40. The molecule has 2 aliphatic rings. The van der Waals surface area contributed by atoms with E-state index in [1.165, 1.54) is 6.07 Å². The number of nitrogens with one attached hydrogen (secondary N) is 2. The smallest absolute Gasteiger partial charge is 0.265 e. The second-order valence-electron chi connectivity index (χ2n) is 8.96. The lowest BCUT2D eigenvalue weighted by atomic mass is 9.65. The predicted octanol–water partition coefficient (Wildman–Crippen LogP) is 4.05. The normalized spacial score (nSPS) is 16.4. The van der Waals surface area contributed by atoms with E-state index in [4.69, 9.17) is 4.74 Å². The van der Waals surface area contributed by atoms with Gasteiger partial charge in [0.1, 0.15) is 10.6 Å². The van der Waals surface area contributed by atoms with Crippen LogP contribution < -0.4 is 14.8 Å². The zero-order valence-corrected chi connectivity index (χ0v) is 19.6. The van der Waals surface area contributed by atoms with Crippen molar-refractivity contribution >= 4 is 27.3 Å². The van der Waals surface area contributed by atoms with E-state index < -0.39 is 15.4 Å². The number of para-hydroxylation sites is 1. The first-order valence-electron chi connectivity index (χ1n) is 11.0. The first kappa shape index (κ1) is 21.5. The summed E-state index contributed by atoms with van der Waals surface area (Å²) in [6, 6.07) is 10.1. The van der Waals surface area contributed by atoms with Crippen molar-refractivity contribution in [3.63, 3.8) is 0 Å². The van der Waals surface area contributed by atoms with Crippen LogP contribution in [0.25, 0.3) is 11.1 Å². The van der Waals surface area contributed by atoms with Crippen molar-refractivity contribution in [1.82, 2.24) is 9.78 Å². The van der Waals surface area contributed by atoms with Crippen LogP contribution in [-0.4, -0.2) is 30.2 Å². The number of hydrogen-bond donors (Lipinski definition) is 2. The van der Waals surface area contributed by atoms with Gasteiger partial charge in [0.05, 0.1) is 23.4 Å². The molecule has 5 rings (SSSR count). The molecule has 1 fully saturated rings. The first-order chi connectivity index (χ1) is 15.7. The van der Waals surface area contributed by atoms with Crippen LogP contribution in [0, 0.1) is 0 Å². The second-order valence-corrected chi connectivity index (χ2v) is 10.6. The Morgan fingerprint density at radius 1 is 1.21 bits per heavy atom. The van der Waals surface area contributed by atoms with E-state index in [1.54, 1.807) is 41.2 Å². The zero-order chi connectivity index (χ0) is 23.4. The van der Waals surface area contributed by atoms with Gasteiger partial charge in [-0.2, -0.15) is 5.10 Å². The highest BCUT2D eigenvalue weighted by Gasteiger charge is 2.52. The molecule has 0 bridgehead atoms. The molecule has 0 saturated heterocycles. The number of hydrogen-bond acceptors (Lipinski definition) is 5. The third-order valence-electron chi connectivity index (χ3n) is 6.30. The molecule has 1 aliphatic carbocycles. The highest BCUT2D eigenvalue weighted by molar-refractivity contribution is 7.92. The molecule has 0 radical (unpaired) electrons. The van der Waals surface area contributed by atoms with Crippen LogP contribution in [-0.2, 0) is 27.3 Å². The van der Waals surface area contributed by atoms with Gasteiger partial charge in [-0.1, -0.05) is 18.6 Å². The molecular weight excluding hydrogens is 440 g/mol. The Hall–Kier alpha value is -3.33. The van der Waals surface area contributed by atoms with E-state index in [1.807, 2.05) is 27.1 Å². The average molecular weight is 467 g/mol. The molecule has 172 valence electrons. The maximum absolute atomic E-state index is 13.4. The van der Waals surface area contributed by atoms with Crippen molar-refractivity contribution in [2.45, 2.75) is 49.5 Å². The second kappa shape index (κ2) is 7.62. The number of benzene rings is 2. The van der Waals surface area contributed by atoms with E-state index in [9.17, 15) is 13.2 Å². The number of aromatic nitrogens is 2. The number of ether oxygens (including phenoxy) is 1. The minimum Gasteiger partial charge on any atom is -0.490 e. The van der Waals surface area contributed by atoms with Gasteiger partial charge in [0.25, 0.3) is 10.0 Å². The molecule has 1 aliphatic heterocycles. The van der Waals surface area contributed by atoms with Gasteiger partial charge in [-0.3, -0.25) is 14.2 Å². The van der Waals surface area contributed by atoms with E-state index in [0.717, 1.165) is 41.6 Å². The molecule has 1 amide bonds. The van der Waals surface area contributed by atoms with Gasteiger partial charge in [0.15, 0.2) is 0 Å². The van der Waals surface area contributed by atoms with Crippen LogP contribution in [0.15, 0.2) is 53.7 Å². The van der Waals surface area contributed by atoms with Gasteiger partial charge in [-0.25, -0.2) is 8.42 Å². The summed E-state index contributed by atoms with van der Waals surface area (Å²) in [6.07, 6.45) is 5.84. The molecular formula is C24H26N4O4S. The molecule has 0 unspecified atom stereocenters. The topological polar surface area (TPSA) is 102 Å². The molecule has 1 spiro atoms. The number of carbonyl (C=O) groups is 1. The van der Waals surface area contributed by atoms with Gasteiger partial charge < -0.3 is 10.1 Å². The summed E-state index contributed by atoms with van der Waals surface area (Å²) in [6.45, 7) is 3.69. The van der Waals surface area contributed by atoms with Gasteiger partial charge >= 0.3 is 0 Å². The lowest BCUT2D eigenvalue weighted by molar-refractivity contribution is -0.123. The van der Waals surface area contributed by atoms with Gasteiger partial charge in [0, 0.05) is 30.1 Å². The van der Waals surface area contributed by atoms with E-state index in [-0.39, 0.29) is 16.9 Å². The van der Waals surface area contributed by atoms with Gasteiger partial charge in [0.2, 0.25) is 5.91 Å². The third-order valence-corrected chi connectivity index (χ3v) is 7.72. The molecule has 9 heteroatoms. The number of sulfonamides is 1. The Morgan fingerprint density at radius 3 is 2.61 bits per heavy atom. The quantitative estimate of drug-likeness (QED) is 0.571. The number of amides is 1. The summed E-state index contributed by atoms with van der Waals surface area (Å²) in [7, 11) is -2.13. The standard InChI is InChI=1S/C24H26N4O4S/c1-15(2)32-20-7-4-5-8-21(20)33(30,31)27-17-11-18(16-13-25-28(3)14-16)22-19(12-17)24(9-6-10-24)23(29)26-22/h4-5,7-8,11-15,27H,6,9-10H2,1-3H3,(H,26,29). The van der Waals surface area contributed by atoms with Crippen LogP contribution >= 0.6 is 0 Å². The van der Waals surface area contributed by atoms with Crippen molar-refractivity contribution in [2.75, 3.05) is 10.0 Å². The van der Waals surface area contributed by atoms with E-state index in [2.05, 4.69) is 15.1 Å². The van der Waals surface area contributed by atoms with Crippen molar-refractivity contribution in [2.24, 2.45) is 7.05 Å². The van der Waals surface area contributed by atoms with Crippen molar-refractivity contribution in [3.8, 4) is 16.9 Å². The Kier molecular flexibility index (Phi) is 4.97. The summed E-state index contributed by atoms with van der Waals surface area (Å²) < 4.78 is 36.9. The molecule has 2 N–H and O–H groups in total. The van der Waals surface area contributed by atoms with Crippen LogP contribution in [0.4, 0.5) is 11.4 Å². The average Bonchev–Trinajstić information content (AvgIpc) is 3.27. The van der Waals surface area contributed by atoms with Crippen LogP contribution in [0.5, 0.6) is 5.75 Å². The number of fused-ring (bicyclic) bond motifs is 2. The Balaban J connectivity index is 1.61. The highest BCUT2D eigenvalue weighted by Crippen LogP contribution is 2.54. The summed E-state index contributed by atoms with van der Waals surface area (Å²) in [5, 5.41) is 7.29. The maximum Gasteiger partial charge on any atom is 0.265 e. The lowest BCUT2D eigenvalue weighted by Gasteiger charge is -2.36. The van der Waals surface area contributed by atoms with Crippen molar-refractivity contribution in [1.29, 1.82) is 0 Å². The Labute approximate surface area is 193 Å². The molecule has 1 aromatic heterocycles. The molecule has 2 heterocycles. The molecule has 1 saturated carbocycles. The highest BCUT2D eigenvalue weighted by atomic mass is 32.2. The SMILES string of the molecule is CC(C)Oc1ccccc1S(=O)(=O)Nc1cc(-c2cnn(C)c2)c2c(c1)C1(CCC1)C(=O)N2. The fourth-order valence-corrected chi connectivity index (χ4v) is 5.79. The van der Waals surface area contributed by atoms with Crippen LogP contribution in [0.3, 0.4) is 0 Å². The predicted molar refractivity (Wildman–Crippen MR) is 126 cm³/mol. The molecule has 2 aromatic carbocycles. The number of aryl methyl sites for hydroxylation is 1. The fraction of sp³-hybridized carbons (Fsp3) is 0.333. The summed E-state index contributed by atoms with van der Waals surface area (Å²) in [5.74, 6) is 0.269. The fourth-order valence-electron chi connectivity index (χ4n) is 4.62.